The number of nitrogens with one attached hydrogen (secondary N) is 1. The summed E-state index contributed by atoms with van der Waals surface area (Å²) in [5.41, 5.74) is 0.694. The summed E-state index contributed by atoms with van der Waals surface area (Å²) in [6.07, 6.45) is 0.488. The summed E-state index contributed by atoms with van der Waals surface area (Å²) in [6, 6.07) is 21.3. The molecule has 0 fully saturated rings. The number of carbonyl (C=O) groups is 2. The van der Waals surface area contributed by atoms with E-state index >= 15 is 0 Å². The summed E-state index contributed by atoms with van der Waals surface area (Å²) in [7, 11) is -1.25. The first-order chi connectivity index (χ1) is 19.4. The lowest BCUT2D eigenvalue weighted by Gasteiger charge is -2.33. The molecule has 0 heterocycles. The second-order valence-electron chi connectivity index (χ2n) is 10.6. The molecule has 3 rings (SSSR count). The fraction of sp³-hybridized carbons (Fsp3) is 0.355. The van der Waals surface area contributed by atoms with Crippen LogP contribution in [0.5, 0.6) is 11.5 Å². The zero-order chi connectivity index (χ0) is 30.2. The molecule has 0 radical (unpaired) electrons. The molecule has 0 spiro atoms. The molecule has 0 aromatic heterocycles. The van der Waals surface area contributed by atoms with Crippen LogP contribution in [-0.4, -0.2) is 64.0 Å². The first-order valence-corrected chi connectivity index (χ1v) is 14.8. The number of hydrogen-bond donors (Lipinski definition) is 1. The molecule has 0 bridgehead atoms. The maximum atomic E-state index is 14.0. The van der Waals surface area contributed by atoms with Crippen molar-refractivity contribution in [2.75, 3.05) is 31.6 Å². The predicted molar refractivity (Wildman–Crippen MR) is 160 cm³/mol. The standard InChI is InChI=1S/C31H39N3O6S/c1-23(30(36)32-31(2,3)4)33(20-19-24-13-9-7-10-14-24)29(35)22-34(41(37,38)26-15-11-8-12-16-26)25-17-18-27(39-5)28(21-25)40-6/h7-18,21,23H,19-20,22H2,1-6H3,(H,32,36). The molecule has 0 aliphatic heterocycles. The molecule has 9 nitrogen and oxygen atoms in total. The number of nitrogens with zero attached hydrogens (tertiary/aromatic N) is 2. The zero-order valence-corrected chi connectivity index (χ0v) is 25.3. The van der Waals surface area contributed by atoms with Crippen LogP contribution in [0.3, 0.4) is 0 Å². The smallest absolute Gasteiger partial charge is 0.264 e. The minimum Gasteiger partial charge on any atom is -0.493 e. The zero-order valence-electron chi connectivity index (χ0n) is 24.5. The Bertz CT molecular complexity index is 1420. The van der Waals surface area contributed by atoms with Crippen LogP contribution in [0.25, 0.3) is 0 Å². The molecule has 41 heavy (non-hydrogen) atoms. The van der Waals surface area contributed by atoms with Gasteiger partial charge in [0.2, 0.25) is 11.8 Å². The molecule has 3 aromatic rings. The van der Waals surface area contributed by atoms with E-state index in [4.69, 9.17) is 9.47 Å². The van der Waals surface area contributed by atoms with Crippen molar-refractivity contribution in [1.82, 2.24) is 10.2 Å². The fourth-order valence-corrected chi connectivity index (χ4v) is 5.70. The van der Waals surface area contributed by atoms with E-state index in [0.717, 1.165) is 9.87 Å². The van der Waals surface area contributed by atoms with Gasteiger partial charge >= 0.3 is 0 Å². The normalized spacial score (nSPS) is 12.2. The van der Waals surface area contributed by atoms with Gasteiger partial charge in [0.25, 0.3) is 10.0 Å². The van der Waals surface area contributed by atoms with Crippen molar-refractivity contribution in [2.24, 2.45) is 0 Å². The molecule has 1 unspecified atom stereocenters. The number of methoxy groups -OCH3 is 2. The number of hydrogen-bond acceptors (Lipinski definition) is 6. The Hall–Kier alpha value is -4.05. The summed E-state index contributed by atoms with van der Waals surface area (Å²) in [5.74, 6) is -0.129. The quantitative estimate of drug-likeness (QED) is 0.343. The lowest BCUT2D eigenvalue weighted by atomic mass is 10.1. The van der Waals surface area contributed by atoms with Crippen LogP contribution >= 0.6 is 0 Å². The van der Waals surface area contributed by atoms with Crippen LogP contribution in [0.2, 0.25) is 0 Å². The second kappa shape index (κ2) is 13.5. The van der Waals surface area contributed by atoms with Crippen LogP contribution in [0.15, 0.2) is 83.8 Å². The molecule has 2 amide bonds. The Morgan fingerprint density at radius 3 is 2.02 bits per heavy atom. The van der Waals surface area contributed by atoms with Crippen LogP contribution in [0.1, 0.15) is 33.3 Å². The summed E-state index contributed by atoms with van der Waals surface area (Å²) in [4.78, 5) is 28.6. The molecular weight excluding hydrogens is 542 g/mol. The first kappa shape index (κ1) is 31.5. The van der Waals surface area contributed by atoms with Crippen molar-refractivity contribution in [3.8, 4) is 11.5 Å². The molecule has 0 saturated carbocycles. The van der Waals surface area contributed by atoms with Gasteiger partial charge in [-0.25, -0.2) is 8.42 Å². The van der Waals surface area contributed by atoms with Gasteiger partial charge in [0, 0.05) is 18.2 Å². The van der Waals surface area contributed by atoms with Crippen molar-refractivity contribution in [3.05, 3.63) is 84.4 Å². The average molecular weight is 582 g/mol. The molecule has 220 valence electrons. The lowest BCUT2D eigenvalue weighted by molar-refractivity contribution is -0.139. The van der Waals surface area contributed by atoms with Gasteiger partial charge < -0.3 is 19.7 Å². The number of rotatable bonds is 12. The van der Waals surface area contributed by atoms with Crippen molar-refractivity contribution < 1.29 is 27.5 Å². The first-order valence-electron chi connectivity index (χ1n) is 13.3. The number of benzene rings is 3. The molecular formula is C31H39N3O6S. The second-order valence-corrected chi connectivity index (χ2v) is 12.5. The van der Waals surface area contributed by atoms with E-state index in [9.17, 15) is 18.0 Å². The molecule has 3 aromatic carbocycles. The third-order valence-corrected chi connectivity index (χ3v) is 8.20. The summed E-state index contributed by atoms with van der Waals surface area (Å²) < 4.78 is 39.6. The largest absolute Gasteiger partial charge is 0.493 e. The maximum absolute atomic E-state index is 14.0. The van der Waals surface area contributed by atoms with E-state index in [1.165, 1.54) is 37.3 Å². The number of sulfonamides is 1. The summed E-state index contributed by atoms with van der Waals surface area (Å²) in [5, 5.41) is 2.93. The Morgan fingerprint density at radius 1 is 0.878 bits per heavy atom. The minimum atomic E-state index is -4.18. The third-order valence-electron chi connectivity index (χ3n) is 6.41. The third kappa shape index (κ3) is 8.23. The topological polar surface area (TPSA) is 105 Å². The van der Waals surface area contributed by atoms with Crippen molar-refractivity contribution in [3.63, 3.8) is 0 Å². The van der Waals surface area contributed by atoms with Gasteiger partial charge in [-0.15, -0.1) is 0 Å². The van der Waals surface area contributed by atoms with Crippen molar-refractivity contribution in [1.29, 1.82) is 0 Å². The number of ether oxygens (including phenoxy) is 2. The SMILES string of the molecule is COc1ccc(N(CC(=O)N(CCc2ccccc2)C(C)C(=O)NC(C)(C)C)S(=O)(=O)c2ccccc2)cc1OC. The summed E-state index contributed by atoms with van der Waals surface area (Å²) in [6.45, 7) is 6.91. The van der Waals surface area contributed by atoms with Gasteiger partial charge in [-0.1, -0.05) is 48.5 Å². The van der Waals surface area contributed by atoms with Gasteiger partial charge in [0.05, 0.1) is 24.8 Å². The number of anilines is 1. The van der Waals surface area contributed by atoms with E-state index < -0.39 is 34.1 Å². The van der Waals surface area contributed by atoms with Crippen molar-refractivity contribution in [2.45, 2.75) is 50.6 Å². The van der Waals surface area contributed by atoms with E-state index in [1.807, 2.05) is 51.1 Å². The fourth-order valence-electron chi connectivity index (χ4n) is 4.27. The Balaban J connectivity index is 2.03. The van der Waals surface area contributed by atoms with Gasteiger partial charge in [0.15, 0.2) is 11.5 Å². The predicted octanol–water partition coefficient (Wildman–Crippen LogP) is 4.27. The lowest BCUT2D eigenvalue weighted by Crippen LogP contribution is -2.55. The molecule has 0 aliphatic rings. The van der Waals surface area contributed by atoms with E-state index in [2.05, 4.69) is 5.32 Å². The van der Waals surface area contributed by atoms with Gasteiger partial charge in [-0.05, 0) is 63.9 Å². The maximum Gasteiger partial charge on any atom is 0.264 e. The highest BCUT2D eigenvalue weighted by Crippen LogP contribution is 2.34. The highest BCUT2D eigenvalue weighted by molar-refractivity contribution is 7.92. The van der Waals surface area contributed by atoms with Crippen LogP contribution < -0.4 is 19.1 Å². The van der Waals surface area contributed by atoms with E-state index in [1.54, 1.807) is 37.3 Å². The Kier molecular flexibility index (Phi) is 10.4. The minimum absolute atomic E-state index is 0.0249. The number of carbonyl (C=O) groups excluding carboxylic acids is 2. The Labute approximate surface area is 243 Å². The van der Waals surface area contributed by atoms with Crippen LogP contribution in [-0.2, 0) is 26.0 Å². The van der Waals surface area contributed by atoms with Crippen LogP contribution in [0.4, 0.5) is 5.69 Å². The van der Waals surface area contributed by atoms with Gasteiger partial charge in [-0.2, -0.15) is 0 Å². The van der Waals surface area contributed by atoms with Gasteiger partial charge in [0.1, 0.15) is 12.6 Å². The molecule has 0 aliphatic carbocycles. The molecule has 1 N–H and O–H groups in total. The molecule has 10 heteroatoms. The van der Waals surface area contributed by atoms with Crippen LogP contribution in [0, 0.1) is 0 Å². The van der Waals surface area contributed by atoms with Gasteiger partial charge in [-0.3, -0.25) is 13.9 Å². The average Bonchev–Trinajstić information content (AvgIpc) is 2.95. The molecule has 0 saturated heterocycles. The van der Waals surface area contributed by atoms with E-state index in [0.29, 0.717) is 17.9 Å². The van der Waals surface area contributed by atoms with Crippen molar-refractivity contribution >= 4 is 27.5 Å². The number of amides is 2. The molecule has 1 atom stereocenters. The Morgan fingerprint density at radius 2 is 1.46 bits per heavy atom. The van der Waals surface area contributed by atoms with E-state index in [-0.39, 0.29) is 23.0 Å². The highest BCUT2D eigenvalue weighted by atomic mass is 32.2. The highest BCUT2D eigenvalue weighted by Gasteiger charge is 2.33. The monoisotopic (exact) mass is 581 g/mol. The summed E-state index contributed by atoms with van der Waals surface area (Å²) >= 11 is 0.